The molecular formula is C28H33N3O5S. The standard InChI is InChI=1S/C28H33N3O5S/c1-19-27(20(2)35-29-19)37(33,34)31(36-21(3)32)24-14-8-13-23(16-24)28(4)25-17-30(18-26(25)28)15-9-12-22-10-6-5-7-11-22/h5-8,10-11,13-14,16,25-26H,9,12,15,17-18H2,1-4H3. The number of aryl methyl sites for hydroxylation is 3. The first-order chi connectivity index (χ1) is 17.6. The minimum atomic E-state index is -4.24. The summed E-state index contributed by atoms with van der Waals surface area (Å²) in [7, 11) is -4.24. The molecular weight excluding hydrogens is 490 g/mol. The third-order valence-corrected chi connectivity index (χ3v) is 9.76. The second-order valence-corrected chi connectivity index (χ2v) is 12.1. The number of fused-ring (bicyclic) bond motifs is 1. The van der Waals surface area contributed by atoms with Crippen LogP contribution in [0.2, 0.25) is 0 Å². The first kappa shape index (κ1) is 25.5. The lowest BCUT2D eigenvalue weighted by atomic mass is 9.92. The number of hydrogen-bond donors (Lipinski definition) is 0. The zero-order chi connectivity index (χ0) is 26.4. The Bertz CT molecular complexity index is 1370. The molecule has 2 aromatic carbocycles. The van der Waals surface area contributed by atoms with Crippen molar-refractivity contribution in [3.63, 3.8) is 0 Å². The molecule has 0 radical (unpaired) electrons. The summed E-state index contributed by atoms with van der Waals surface area (Å²) in [6.45, 7) is 9.64. The molecule has 37 heavy (non-hydrogen) atoms. The van der Waals surface area contributed by atoms with Crippen LogP contribution in [0.4, 0.5) is 5.69 Å². The Kier molecular flexibility index (Phi) is 6.62. The van der Waals surface area contributed by atoms with Crippen LogP contribution in [0.3, 0.4) is 0 Å². The monoisotopic (exact) mass is 523 g/mol. The van der Waals surface area contributed by atoms with Gasteiger partial charge < -0.3 is 14.3 Å². The number of benzene rings is 2. The van der Waals surface area contributed by atoms with Gasteiger partial charge in [-0.05, 0) is 68.3 Å². The van der Waals surface area contributed by atoms with Crippen LogP contribution in [0.1, 0.15) is 42.8 Å². The van der Waals surface area contributed by atoms with E-state index in [4.69, 9.17) is 9.36 Å². The fraction of sp³-hybridized carbons (Fsp3) is 0.429. The smallest absolute Gasteiger partial charge is 0.330 e. The number of sulfonamides is 1. The fourth-order valence-corrected chi connectivity index (χ4v) is 7.53. The third kappa shape index (κ3) is 4.66. The maximum Gasteiger partial charge on any atom is 0.330 e. The van der Waals surface area contributed by atoms with Crippen molar-refractivity contribution >= 4 is 21.7 Å². The van der Waals surface area contributed by atoms with E-state index in [1.165, 1.54) is 19.4 Å². The first-order valence-corrected chi connectivity index (χ1v) is 14.1. The van der Waals surface area contributed by atoms with E-state index in [2.05, 4.69) is 41.2 Å². The molecule has 0 amide bonds. The van der Waals surface area contributed by atoms with Crippen LogP contribution >= 0.6 is 0 Å². The summed E-state index contributed by atoms with van der Waals surface area (Å²) < 4.78 is 32.8. The SMILES string of the molecule is CC(=O)ON(c1cccc(C2(C)C3CN(CCCc4ccccc4)CC32)c1)S(=O)(=O)c1c(C)noc1C. The van der Waals surface area contributed by atoms with Crippen molar-refractivity contribution in [1.82, 2.24) is 10.1 Å². The van der Waals surface area contributed by atoms with E-state index in [1.807, 2.05) is 24.3 Å². The molecule has 0 N–H and O–H groups in total. The van der Waals surface area contributed by atoms with Gasteiger partial charge >= 0.3 is 16.0 Å². The number of anilines is 1. The van der Waals surface area contributed by atoms with Gasteiger partial charge in [0.25, 0.3) is 0 Å². The van der Waals surface area contributed by atoms with E-state index in [0.717, 1.165) is 38.0 Å². The van der Waals surface area contributed by atoms with E-state index >= 15 is 0 Å². The Balaban J connectivity index is 1.31. The highest BCUT2D eigenvalue weighted by Gasteiger charge is 2.65. The quantitative estimate of drug-likeness (QED) is 0.384. The average Bonchev–Trinajstić information content (AvgIpc) is 3.17. The lowest BCUT2D eigenvalue weighted by Crippen LogP contribution is -2.34. The maximum absolute atomic E-state index is 13.5. The van der Waals surface area contributed by atoms with Crippen LogP contribution in [0.15, 0.2) is 64.0 Å². The molecule has 0 bridgehead atoms. The summed E-state index contributed by atoms with van der Waals surface area (Å²) in [5.74, 6) is 0.435. The predicted octanol–water partition coefficient (Wildman–Crippen LogP) is 4.42. The largest absolute Gasteiger partial charge is 0.360 e. The number of carbonyl (C=O) groups excluding carboxylic acids is 1. The van der Waals surface area contributed by atoms with Gasteiger partial charge in [0.1, 0.15) is 5.69 Å². The van der Waals surface area contributed by atoms with Crippen molar-refractivity contribution in [3.05, 3.63) is 77.2 Å². The first-order valence-electron chi connectivity index (χ1n) is 12.7. The average molecular weight is 524 g/mol. The molecule has 0 spiro atoms. The van der Waals surface area contributed by atoms with Gasteiger partial charge in [-0.25, -0.2) is 4.79 Å². The Morgan fingerprint density at radius 3 is 2.46 bits per heavy atom. The molecule has 1 aliphatic carbocycles. The number of hydrogen-bond acceptors (Lipinski definition) is 7. The Labute approximate surface area is 218 Å². The normalized spacial score (nSPS) is 23.0. The third-order valence-electron chi connectivity index (χ3n) is 7.94. The number of carbonyl (C=O) groups is 1. The van der Waals surface area contributed by atoms with Gasteiger partial charge in [-0.3, -0.25) is 0 Å². The van der Waals surface area contributed by atoms with Crippen LogP contribution in [-0.4, -0.2) is 44.1 Å². The van der Waals surface area contributed by atoms with Gasteiger partial charge in [-0.15, -0.1) is 0 Å². The minimum Gasteiger partial charge on any atom is -0.360 e. The van der Waals surface area contributed by atoms with Crippen molar-refractivity contribution in [2.45, 2.75) is 50.8 Å². The van der Waals surface area contributed by atoms with Gasteiger partial charge in [-0.2, -0.15) is 8.42 Å². The van der Waals surface area contributed by atoms with E-state index in [1.54, 1.807) is 13.0 Å². The summed E-state index contributed by atoms with van der Waals surface area (Å²) in [5, 5.41) is 3.76. The number of likely N-dealkylation sites (tertiary alicyclic amines) is 1. The molecule has 2 fully saturated rings. The highest BCUT2D eigenvalue weighted by Crippen LogP contribution is 2.63. The van der Waals surface area contributed by atoms with Crippen molar-refractivity contribution in [3.8, 4) is 0 Å². The highest BCUT2D eigenvalue weighted by molar-refractivity contribution is 7.92. The minimum absolute atomic E-state index is 0.0410. The molecule has 2 heterocycles. The van der Waals surface area contributed by atoms with Crippen molar-refractivity contribution in [2.24, 2.45) is 11.8 Å². The van der Waals surface area contributed by atoms with Gasteiger partial charge in [0.15, 0.2) is 10.7 Å². The summed E-state index contributed by atoms with van der Waals surface area (Å²) in [5.41, 5.74) is 2.87. The molecule has 8 nitrogen and oxygen atoms in total. The second-order valence-electron chi connectivity index (χ2n) is 10.4. The van der Waals surface area contributed by atoms with Crippen molar-refractivity contribution < 1.29 is 22.6 Å². The van der Waals surface area contributed by atoms with E-state index in [0.29, 0.717) is 16.3 Å². The zero-order valence-electron chi connectivity index (χ0n) is 21.7. The number of piperidine rings is 1. The van der Waals surface area contributed by atoms with Crippen molar-refractivity contribution in [2.75, 3.05) is 24.1 Å². The Morgan fingerprint density at radius 1 is 1.14 bits per heavy atom. The van der Waals surface area contributed by atoms with E-state index in [9.17, 15) is 13.2 Å². The molecule has 2 unspecified atom stereocenters. The molecule has 5 rings (SSSR count). The molecule has 196 valence electrons. The van der Waals surface area contributed by atoms with Crippen LogP contribution in [0.5, 0.6) is 0 Å². The van der Waals surface area contributed by atoms with Crippen LogP contribution < -0.4 is 4.47 Å². The fourth-order valence-electron chi connectivity index (χ4n) is 5.96. The molecule has 1 aromatic heterocycles. The molecule has 1 aliphatic heterocycles. The molecule has 3 aromatic rings. The van der Waals surface area contributed by atoms with Gasteiger partial charge in [0, 0.05) is 25.4 Å². The summed E-state index contributed by atoms with van der Waals surface area (Å²) in [6, 6.07) is 17.9. The Hall–Kier alpha value is -3.17. The number of nitrogens with zero attached hydrogens (tertiary/aromatic N) is 3. The molecule has 2 aliphatic rings. The topological polar surface area (TPSA) is 93.0 Å². The van der Waals surface area contributed by atoms with Crippen LogP contribution in [0.25, 0.3) is 0 Å². The number of aromatic nitrogens is 1. The van der Waals surface area contributed by atoms with Gasteiger partial charge in [0.05, 0.1) is 5.69 Å². The zero-order valence-corrected chi connectivity index (χ0v) is 22.5. The summed E-state index contributed by atoms with van der Waals surface area (Å²) >= 11 is 0. The molecule has 1 saturated heterocycles. The summed E-state index contributed by atoms with van der Waals surface area (Å²) in [6.07, 6.45) is 2.21. The maximum atomic E-state index is 13.5. The Morgan fingerprint density at radius 2 is 1.84 bits per heavy atom. The lowest BCUT2D eigenvalue weighted by molar-refractivity contribution is -0.140. The van der Waals surface area contributed by atoms with Gasteiger partial charge in [-0.1, -0.05) is 59.0 Å². The van der Waals surface area contributed by atoms with Gasteiger partial charge in [0.2, 0.25) is 0 Å². The summed E-state index contributed by atoms with van der Waals surface area (Å²) in [4.78, 5) is 19.6. The number of rotatable bonds is 9. The van der Waals surface area contributed by atoms with Crippen molar-refractivity contribution in [1.29, 1.82) is 0 Å². The molecule has 1 saturated carbocycles. The van der Waals surface area contributed by atoms with Crippen LogP contribution in [0, 0.1) is 25.7 Å². The van der Waals surface area contributed by atoms with E-state index in [-0.39, 0.29) is 27.5 Å². The lowest BCUT2D eigenvalue weighted by Gasteiger charge is -2.26. The van der Waals surface area contributed by atoms with Crippen LogP contribution in [-0.2, 0) is 31.5 Å². The van der Waals surface area contributed by atoms with E-state index < -0.39 is 16.0 Å². The predicted molar refractivity (Wildman–Crippen MR) is 139 cm³/mol. The highest BCUT2D eigenvalue weighted by atomic mass is 32.2. The second kappa shape index (κ2) is 9.61. The molecule has 9 heteroatoms. The molecule has 2 atom stereocenters.